The topological polar surface area (TPSA) is 38.0 Å². The van der Waals surface area contributed by atoms with Crippen LogP contribution in [0.2, 0.25) is 0 Å². The number of benzene rings is 2. The molecule has 0 saturated heterocycles. The maximum absolute atomic E-state index is 13.9. The van der Waals surface area contributed by atoms with Gasteiger partial charge in [0.05, 0.1) is 6.04 Å². The quantitative estimate of drug-likeness (QED) is 0.353. The van der Waals surface area contributed by atoms with Gasteiger partial charge in [-0.2, -0.15) is 0 Å². The van der Waals surface area contributed by atoms with Crippen LogP contribution >= 0.6 is 54.5 Å². The maximum Gasteiger partial charge on any atom is 0.126 e. The van der Waals surface area contributed by atoms with E-state index in [0.717, 1.165) is 18.1 Å². The van der Waals surface area contributed by atoms with Crippen molar-refractivity contribution in [3.63, 3.8) is 0 Å². The standard InChI is InChI=1S/C14H12Br2FIN2/c15-9-1-4-13(17)8(5-9)6-14(20-19)11-7-10(18)2-3-12(11)16/h1-5,7,14,20H,6,19H2. The van der Waals surface area contributed by atoms with Crippen LogP contribution in [0.1, 0.15) is 17.2 Å². The first-order chi connectivity index (χ1) is 9.51. The number of halogens is 4. The zero-order chi connectivity index (χ0) is 14.7. The van der Waals surface area contributed by atoms with Crippen LogP contribution in [0.15, 0.2) is 45.3 Å². The number of rotatable bonds is 4. The molecule has 0 aliphatic rings. The highest BCUT2D eigenvalue weighted by Crippen LogP contribution is 2.29. The number of nitrogens with two attached hydrogens (primary N) is 1. The lowest BCUT2D eigenvalue weighted by Crippen LogP contribution is -2.30. The molecular weight excluding hydrogens is 502 g/mol. The third kappa shape index (κ3) is 4.00. The Hall–Kier alpha value is -0.0200. The van der Waals surface area contributed by atoms with Crippen molar-refractivity contribution in [2.75, 3.05) is 0 Å². The van der Waals surface area contributed by atoms with E-state index in [-0.39, 0.29) is 11.9 Å². The Morgan fingerprint density at radius 2 is 1.95 bits per heavy atom. The van der Waals surface area contributed by atoms with E-state index >= 15 is 0 Å². The Balaban J connectivity index is 2.33. The normalized spacial score (nSPS) is 12.4. The van der Waals surface area contributed by atoms with Crippen LogP contribution in [0.3, 0.4) is 0 Å². The van der Waals surface area contributed by atoms with E-state index in [0.29, 0.717) is 12.0 Å². The van der Waals surface area contributed by atoms with Crippen LogP contribution in [0.5, 0.6) is 0 Å². The molecule has 0 aliphatic carbocycles. The van der Waals surface area contributed by atoms with Crippen molar-refractivity contribution < 1.29 is 4.39 Å². The maximum atomic E-state index is 13.9. The largest absolute Gasteiger partial charge is 0.271 e. The van der Waals surface area contributed by atoms with E-state index in [1.165, 1.54) is 6.07 Å². The highest BCUT2D eigenvalue weighted by atomic mass is 127. The van der Waals surface area contributed by atoms with E-state index in [1.807, 2.05) is 18.2 Å². The Bertz CT molecular complexity index is 622. The molecule has 0 spiro atoms. The third-order valence-corrected chi connectivity index (χ3v) is 4.85. The first kappa shape index (κ1) is 16.4. The summed E-state index contributed by atoms with van der Waals surface area (Å²) in [4.78, 5) is 0. The van der Waals surface area contributed by atoms with Gasteiger partial charge in [-0.05, 0) is 76.5 Å². The van der Waals surface area contributed by atoms with Gasteiger partial charge in [-0.3, -0.25) is 11.3 Å². The number of hydrazine groups is 1. The molecule has 2 aromatic carbocycles. The lowest BCUT2D eigenvalue weighted by atomic mass is 9.99. The van der Waals surface area contributed by atoms with E-state index in [9.17, 15) is 4.39 Å². The molecule has 2 rings (SSSR count). The highest BCUT2D eigenvalue weighted by Gasteiger charge is 2.16. The van der Waals surface area contributed by atoms with Gasteiger partial charge < -0.3 is 0 Å². The van der Waals surface area contributed by atoms with E-state index in [1.54, 1.807) is 12.1 Å². The average Bonchev–Trinajstić information content (AvgIpc) is 2.42. The molecule has 0 amide bonds. The molecule has 0 saturated carbocycles. The summed E-state index contributed by atoms with van der Waals surface area (Å²) in [7, 11) is 0. The van der Waals surface area contributed by atoms with Gasteiger partial charge in [0.1, 0.15) is 5.82 Å². The second kappa shape index (κ2) is 7.31. The van der Waals surface area contributed by atoms with Crippen molar-refractivity contribution in [1.82, 2.24) is 5.43 Å². The van der Waals surface area contributed by atoms with Gasteiger partial charge in [0.25, 0.3) is 0 Å². The van der Waals surface area contributed by atoms with Crippen LogP contribution in [0.25, 0.3) is 0 Å². The van der Waals surface area contributed by atoms with Crippen molar-refractivity contribution in [3.8, 4) is 0 Å². The minimum absolute atomic E-state index is 0.164. The summed E-state index contributed by atoms with van der Waals surface area (Å²) in [5.74, 6) is 5.43. The minimum Gasteiger partial charge on any atom is -0.271 e. The Kier molecular flexibility index (Phi) is 5.97. The zero-order valence-electron chi connectivity index (χ0n) is 10.3. The zero-order valence-corrected chi connectivity index (χ0v) is 15.7. The van der Waals surface area contributed by atoms with Gasteiger partial charge in [-0.15, -0.1) is 0 Å². The fraction of sp³-hybridized carbons (Fsp3) is 0.143. The van der Waals surface area contributed by atoms with Gasteiger partial charge in [-0.25, -0.2) is 4.39 Å². The molecule has 0 radical (unpaired) electrons. The fourth-order valence-corrected chi connectivity index (χ4v) is 3.41. The van der Waals surface area contributed by atoms with E-state index < -0.39 is 0 Å². The van der Waals surface area contributed by atoms with Gasteiger partial charge >= 0.3 is 0 Å². The summed E-state index contributed by atoms with van der Waals surface area (Å²) in [5, 5.41) is 0. The third-order valence-electron chi connectivity index (χ3n) is 2.97. The second-order valence-electron chi connectivity index (χ2n) is 4.32. The number of nitrogens with one attached hydrogen (secondary N) is 1. The van der Waals surface area contributed by atoms with Crippen molar-refractivity contribution in [3.05, 3.63) is 65.9 Å². The summed E-state index contributed by atoms with van der Waals surface area (Å²) in [6.45, 7) is 0. The molecule has 2 nitrogen and oxygen atoms in total. The fourth-order valence-electron chi connectivity index (χ4n) is 1.96. The first-order valence-corrected chi connectivity index (χ1v) is 8.52. The number of hydrogen-bond donors (Lipinski definition) is 2. The summed E-state index contributed by atoms with van der Waals surface area (Å²) in [5.41, 5.74) is 4.40. The van der Waals surface area contributed by atoms with E-state index in [2.05, 4.69) is 59.9 Å². The molecule has 0 aromatic heterocycles. The van der Waals surface area contributed by atoms with Crippen molar-refractivity contribution in [2.45, 2.75) is 12.5 Å². The van der Waals surface area contributed by atoms with Crippen LogP contribution in [-0.4, -0.2) is 0 Å². The SMILES string of the molecule is NNC(Cc1cc(Br)ccc1F)c1cc(I)ccc1Br. The van der Waals surface area contributed by atoms with Gasteiger partial charge in [0, 0.05) is 12.5 Å². The molecule has 106 valence electrons. The molecule has 20 heavy (non-hydrogen) atoms. The van der Waals surface area contributed by atoms with Gasteiger partial charge in [0.15, 0.2) is 0 Å². The molecule has 0 bridgehead atoms. The minimum atomic E-state index is -0.227. The summed E-state index contributed by atoms with van der Waals surface area (Å²) in [6.07, 6.45) is 0.473. The van der Waals surface area contributed by atoms with Gasteiger partial charge in [-0.1, -0.05) is 31.9 Å². The predicted octanol–water partition coefficient (Wildman–Crippen LogP) is 4.70. The molecule has 0 aliphatic heterocycles. The summed E-state index contributed by atoms with van der Waals surface area (Å²) < 4.78 is 16.8. The van der Waals surface area contributed by atoms with Crippen LogP contribution < -0.4 is 11.3 Å². The predicted molar refractivity (Wildman–Crippen MR) is 94.7 cm³/mol. The number of hydrogen-bond acceptors (Lipinski definition) is 2. The Morgan fingerprint density at radius 1 is 1.20 bits per heavy atom. The first-order valence-electron chi connectivity index (χ1n) is 5.86. The Labute approximate surface area is 147 Å². The van der Waals surface area contributed by atoms with Crippen LogP contribution in [0, 0.1) is 9.39 Å². The molecule has 2 aromatic rings. The lowest BCUT2D eigenvalue weighted by molar-refractivity contribution is 0.527. The second-order valence-corrected chi connectivity index (χ2v) is 7.34. The smallest absolute Gasteiger partial charge is 0.126 e. The van der Waals surface area contributed by atoms with Gasteiger partial charge in [0.2, 0.25) is 0 Å². The molecule has 3 N–H and O–H groups in total. The average molecular weight is 514 g/mol. The van der Waals surface area contributed by atoms with Crippen molar-refractivity contribution in [2.24, 2.45) is 5.84 Å². The highest BCUT2D eigenvalue weighted by molar-refractivity contribution is 14.1. The van der Waals surface area contributed by atoms with Crippen molar-refractivity contribution in [1.29, 1.82) is 0 Å². The molecule has 0 fully saturated rings. The Morgan fingerprint density at radius 3 is 2.65 bits per heavy atom. The van der Waals surface area contributed by atoms with Crippen LogP contribution in [0.4, 0.5) is 4.39 Å². The summed E-state index contributed by atoms with van der Waals surface area (Å²) >= 11 is 9.12. The molecule has 0 heterocycles. The molecule has 6 heteroatoms. The summed E-state index contributed by atoms with van der Waals surface area (Å²) in [6, 6.07) is 10.8. The van der Waals surface area contributed by atoms with Crippen molar-refractivity contribution >= 4 is 54.5 Å². The van der Waals surface area contributed by atoms with Crippen LogP contribution in [-0.2, 0) is 6.42 Å². The molecular formula is C14H12Br2FIN2. The lowest BCUT2D eigenvalue weighted by Gasteiger charge is -2.19. The monoisotopic (exact) mass is 512 g/mol. The molecule has 1 unspecified atom stereocenters. The van der Waals surface area contributed by atoms with E-state index in [4.69, 9.17) is 5.84 Å². The molecule has 1 atom stereocenters.